The van der Waals surface area contributed by atoms with E-state index in [0.29, 0.717) is 27.7 Å². The summed E-state index contributed by atoms with van der Waals surface area (Å²) in [5.41, 5.74) is 0.167. The number of amides is 1. The molecule has 0 aliphatic heterocycles. The van der Waals surface area contributed by atoms with E-state index >= 15 is 0 Å². The van der Waals surface area contributed by atoms with Crippen LogP contribution in [0.3, 0.4) is 0 Å². The van der Waals surface area contributed by atoms with Gasteiger partial charge in [-0.05, 0) is 35.9 Å². The number of fused-ring (bicyclic) bond motifs is 1. The van der Waals surface area contributed by atoms with Crippen molar-refractivity contribution in [2.24, 2.45) is 0 Å². The zero-order valence-electron chi connectivity index (χ0n) is 17.4. The Kier molecular flexibility index (Phi) is 7.13. The van der Waals surface area contributed by atoms with Crippen molar-refractivity contribution in [3.8, 4) is 0 Å². The van der Waals surface area contributed by atoms with E-state index in [4.69, 9.17) is 46.4 Å². The Hall–Kier alpha value is -3.37. The molecule has 0 saturated carbocycles. The van der Waals surface area contributed by atoms with E-state index in [1.807, 2.05) is 0 Å². The number of rotatable bonds is 7. The number of carbonyl (C=O) groups is 1. The Morgan fingerprint density at radius 1 is 1.00 bits per heavy atom. The number of halogens is 4. The first kappa shape index (κ1) is 24.7. The Morgan fingerprint density at radius 3 is 2.31 bits per heavy atom. The van der Waals surface area contributed by atoms with E-state index in [9.17, 15) is 19.7 Å². The fourth-order valence-corrected chi connectivity index (χ4v) is 3.94. The second kappa shape index (κ2) is 10.1. The lowest BCUT2D eigenvalue weighted by atomic mass is 10.1. The lowest BCUT2D eigenvalue weighted by molar-refractivity contribution is -0.384. The molecule has 4 rings (SSSR count). The van der Waals surface area contributed by atoms with Crippen LogP contribution in [0.2, 0.25) is 20.1 Å². The number of anilines is 3. The van der Waals surface area contributed by atoms with E-state index in [0.717, 1.165) is 6.07 Å². The molecule has 13 heteroatoms. The van der Waals surface area contributed by atoms with Crippen LogP contribution in [-0.4, -0.2) is 21.3 Å². The average molecular weight is 553 g/mol. The smallest absolute Gasteiger partial charge is 0.272 e. The summed E-state index contributed by atoms with van der Waals surface area (Å²) in [5.74, 6) is 0.0244. The quantitative estimate of drug-likeness (QED) is 0.156. The number of hydrogen-bond acceptors (Lipinski definition) is 6. The highest BCUT2D eigenvalue weighted by Gasteiger charge is 2.21. The summed E-state index contributed by atoms with van der Waals surface area (Å²) in [4.78, 5) is 43.9. The molecule has 0 fully saturated rings. The molecule has 1 amide bonds. The van der Waals surface area contributed by atoms with Crippen LogP contribution < -0.4 is 15.8 Å². The van der Waals surface area contributed by atoms with Crippen molar-refractivity contribution in [3.05, 3.63) is 94.7 Å². The first-order valence-electron chi connectivity index (χ1n) is 9.76. The van der Waals surface area contributed by atoms with Crippen LogP contribution in [0.15, 0.2) is 53.3 Å². The molecule has 3 aromatic carbocycles. The maximum atomic E-state index is 12.8. The molecule has 0 saturated heterocycles. The van der Waals surface area contributed by atoms with Crippen molar-refractivity contribution in [3.63, 3.8) is 0 Å². The first-order chi connectivity index (χ1) is 16.7. The Morgan fingerprint density at radius 2 is 1.69 bits per heavy atom. The molecule has 178 valence electrons. The van der Waals surface area contributed by atoms with Gasteiger partial charge in [0, 0.05) is 17.8 Å². The van der Waals surface area contributed by atoms with E-state index < -0.39 is 10.5 Å². The van der Waals surface area contributed by atoms with Crippen molar-refractivity contribution in [1.82, 2.24) is 9.97 Å². The summed E-state index contributed by atoms with van der Waals surface area (Å²) in [6, 6.07) is 11.8. The highest BCUT2D eigenvalue weighted by molar-refractivity contribution is 6.42. The topological polar surface area (TPSA) is 121 Å². The van der Waals surface area contributed by atoms with Crippen molar-refractivity contribution >= 4 is 86.7 Å². The van der Waals surface area contributed by atoms with Crippen LogP contribution in [0.5, 0.6) is 0 Å². The number of carbonyl (C=O) groups excluding carboxylic acids is 1. The minimum atomic E-state index is -0.660. The number of non-ortho nitro benzene ring substituents is 1. The monoisotopic (exact) mass is 551 g/mol. The van der Waals surface area contributed by atoms with E-state index in [1.165, 1.54) is 17.0 Å². The van der Waals surface area contributed by atoms with Gasteiger partial charge in [-0.25, -0.2) is 4.98 Å². The Bertz CT molecular complexity index is 1540. The lowest BCUT2D eigenvalue weighted by Gasteiger charge is -2.19. The van der Waals surface area contributed by atoms with Gasteiger partial charge in [0.2, 0.25) is 12.4 Å². The third kappa shape index (κ3) is 5.33. The Balaban J connectivity index is 1.84. The number of nitro benzene ring substituents is 1. The fraction of sp³-hybridized carbons (Fsp3) is 0.0455. The van der Waals surface area contributed by atoms with Crippen molar-refractivity contribution in [2.75, 3.05) is 10.2 Å². The molecule has 35 heavy (non-hydrogen) atoms. The van der Waals surface area contributed by atoms with Crippen LogP contribution in [0.1, 0.15) is 5.56 Å². The molecular weight excluding hydrogens is 540 g/mol. The number of aromatic amines is 1. The van der Waals surface area contributed by atoms with Crippen LogP contribution in [0, 0.1) is 10.1 Å². The summed E-state index contributed by atoms with van der Waals surface area (Å²) in [6.45, 7) is -0.0132. The second-order valence-electron chi connectivity index (χ2n) is 7.27. The summed E-state index contributed by atoms with van der Waals surface area (Å²) in [6.07, 6.45) is 0.482. The first-order valence-corrected chi connectivity index (χ1v) is 11.3. The fourth-order valence-electron chi connectivity index (χ4n) is 3.32. The number of aromatic nitrogens is 2. The SMILES string of the molecule is O=CN(Cc1ccc(Cl)c(Cl)c1)c1cc([N+](=O)[O-])cc2c(=O)[nH]c(Nc3ccc(Cl)c(Cl)c3)nc12. The van der Waals surface area contributed by atoms with Crippen molar-refractivity contribution < 1.29 is 9.72 Å². The molecule has 0 aliphatic carbocycles. The van der Waals surface area contributed by atoms with E-state index in [1.54, 1.807) is 30.3 Å². The highest BCUT2D eigenvalue weighted by atomic mass is 35.5. The van der Waals surface area contributed by atoms with Gasteiger partial charge < -0.3 is 10.2 Å². The van der Waals surface area contributed by atoms with Gasteiger partial charge in [0.15, 0.2) is 0 Å². The van der Waals surface area contributed by atoms with Crippen LogP contribution in [0.25, 0.3) is 10.9 Å². The summed E-state index contributed by atoms with van der Waals surface area (Å²) in [7, 11) is 0. The maximum Gasteiger partial charge on any atom is 0.272 e. The molecule has 0 unspecified atom stereocenters. The largest absolute Gasteiger partial charge is 0.326 e. The molecule has 0 aliphatic rings. The van der Waals surface area contributed by atoms with Gasteiger partial charge in [-0.3, -0.25) is 24.7 Å². The minimum absolute atomic E-state index is 0.0132. The minimum Gasteiger partial charge on any atom is -0.326 e. The molecular formula is C22H13Cl4N5O4. The average Bonchev–Trinajstić information content (AvgIpc) is 2.81. The van der Waals surface area contributed by atoms with Gasteiger partial charge in [0.1, 0.15) is 5.52 Å². The van der Waals surface area contributed by atoms with Crippen LogP contribution in [0.4, 0.5) is 23.0 Å². The molecule has 0 bridgehead atoms. The molecule has 0 spiro atoms. The molecule has 0 atom stereocenters. The van der Waals surface area contributed by atoms with Gasteiger partial charge in [0.05, 0.1) is 42.6 Å². The zero-order chi connectivity index (χ0) is 25.3. The molecule has 9 nitrogen and oxygen atoms in total. The summed E-state index contributed by atoms with van der Waals surface area (Å²) in [5, 5.41) is 15.6. The molecule has 4 aromatic rings. The number of nitrogens with zero attached hydrogens (tertiary/aromatic N) is 3. The van der Waals surface area contributed by atoms with Gasteiger partial charge in [0.25, 0.3) is 11.2 Å². The standard InChI is InChI=1S/C22H13Cl4N5O4/c23-15-3-1-11(5-17(15)25)9-30(10-32)19-8-13(31(34)35)7-14-20(19)28-22(29-21(14)33)27-12-2-4-16(24)18(26)6-12/h1-8,10H,9H2,(H2,27,28,29,33). The van der Waals surface area contributed by atoms with Gasteiger partial charge in [-0.1, -0.05) is 52.5 Å². The summed E-state index contributed by atoms with van der Waals surface area (Å²) < 4.78 is 0. The number of nitrogens with one attached hydrogen (secondary N) is 2. The number of H-pyrrole nitrogens is 1. The Labute approximate surface area is 217 Å². The zero-order valence-corrected chi connectivity index (χ0v) is 20.4. The highest BCUT2D eigenvalue weighted by Crippen LogP contribution is 2.32. The molecule has 0 radical (unpaired) electrons. The van der Waals surface area contributed by atoms with Crippen LogP contribution >= 0.6 is 46.4 Å². The summed E-state index contributed by atoms with van der Waals surface area (Å²) >= 11 is 24.0. The third-order valence-electron chi connectivity index (χ3n) is 4.94. The molecule has 2 N–H and O–H groups in total. The number of benzene rings is 3. The van der Waals surface area contributed by atoms with E-state index in [2.05, 4.69) is 15.3 Å². The molecule has 1 aromatic heterocycles. The van der Waals surface area contributed by atoms with Gasteiger partial charge in [-0.15, -0.1) is 0 Å². The van der Waals surface area contributed by atoms with Crippen molar-refractivity contribution in [2.45, 2.75) is 6.54 Å². The normalized spacial score (nSPS) is 10.9. The number of hydrogen-bond donors (Lipinski definition) is 2. The van der Waals surface area contributed by atoms with E-state index in [-0.39, 0.29) is 44.8 Å². The lowest BCUT2D eigenvalue weighted by Crippen LogP contribution is -2.22. The predicted molar refractivity (Wildman–Crippen MR) is 137 cm³/mol. The molecule has 1 heterocycles. The van der Waals surface area contributed by atoms with Gasteiger partial charge in [-0.2, -0.15) is 0 Å². The second-order valence-corrected chi connectivity index (χ2v) is 8.90. The maximum absolute atomic E-state index is 12.8. The number of nitro groups is 1. The van der Waals surface area contributed by atoms with Crippen molar-refractivity contribution in [1.29, 1.82) is 0 Å². The third-order valence-corrected chi connectivity index (χ3v) is 6.42. The predicted octanol–water partition coefficient (Wildman–Crippen LogP) is 6.35. The van der Waals surface area contributed by atoms with Gasteiger partial charge >= 0.3 is 0 Å². The van der Waals surface area contributed by atoms with Crippen LogP contribution in [-0.2, 0) is 11.3 Å².